The third-order valence-electron chi connectivity index (χ3n) is 6.38. The molecule has 0 aliphatic carbocycles. The van der Waals surface area contributed by atoms with E-state index in [1.165, 1.54) is 22.3 Å². The van der Waals surface area contributed by atoms with Crippen LogP contribution in [0.2, 0.25) is 26.2 Å². The second kappa shape index (κ2) is 12.8. The highest BCUT2D eigenvalue weighted by atomic mass is 28.3. The fourth-order valence-corrected chi connectivity index (χ4v) is 6.87. The number of benzene rings is 2. The molecule has 0 saturated carbocycles. The van der Waals surface area contributed by atoms with E-state index >= 15 is 0 Å². The molecular weight excluding hydrogens is 477 g/mol. The molecule has 2 atom stereocenters. The van der Waals surface area contributed by atoms with Crippen LogP contribution < -0.4 is 0 Å². The average Bonchev–Trinajstić information content (AvgIpc) is 2.77. The van der Waals surface area contributed by atoms with Crippen molar-refractivity contribution in [2.45, 2.75) is 106 Å². The first-order valence-corrected chi connectivity index (χ1v) is 19.2. The van der Waals surface area contributed by atoms with Crippen LogP contribution in [0.15, 0.2) is 42.5 Å². The van der Waals surface area contributed by atoms with E-state index < -0.39 is 18.1 Å². The number of Topliss-reactive ketones (excluding diaryl/α,β-unsaturated/α-hetero) is 1. The second-order valence-corrected chi connectivity index (χ2v) is 17.5. The fraction of sp³-hybridized carbons (Fsp3) is 0.581. The van der Waals surface area contributed by atoms with Crippen LogP contribution in [0.3, 0.4) is 0 Å². The van der Waals surface area contributed by atoms with Crippen LogP contribution in [0.5, 0.6) is 0 Å². The largest absolute Gasteiger partial charge is 0.413 e. The standard InChI is InChI=1S/C31H50O3Si2/c1-12-27(32)24-15-13-14-22(20-24)16-17-23-18-19-25(28(30(2,3)4)33-35(8)9)26(21-23)29(31(5,6)7)34-36(10)11/h13-15,18-21,28-29,35-36H,12,16-17H2,1-11H3. The van der Waals surface area contributed by atoms with Crippen molar-refractivity contribution in [3.05, 3.63) is 70.3 Å². The van der Waals surface area contributed by atoms with Crippen LogP contribution in [0.4, 0.5) is 0 Å². The van der Waals surface area contributed by atoms with Gasteiger partial charge in [-0.05, 0) is 78.2 Å². The van der Waals surface area contributed by atoms with E-state index in [-0.39, 0.29) is 28.8 Å². The minimum atomic E-state index is -1.28. The highest BCUT2D eigenvalue weighted by Crippen LogP contribution is 2.45. The van der Waals surface area contributed by atoms with E-state index in [9.17, 15) is 4.79 Å². The van der Waals surface area contributed by atoms with Crippen molar-refractivity contribution in [2.24, 2.45) is 10.8 Å². The summed E-state index contributed by atoms with van der Waals surface area (Å²) in [4.78, 5) is 12.2. The van der Waals surface area contributed by atoms with Gasteiger partial charge in [0.1, 0.15) is 0 Å². The lowest BCUT2D eigenvalue weighted by atomic mass is 9.77. The Labute approximate surface area is 224 Å². The molecule has 200 valence electrons. The van der Waals surface area contributed by atoms with Crippen LogP contribution in [-0.4, -0.2) is 23.9 Å². The van der Waals surface area contributed by atoms with Gasteiger partial charge in [-0.3, -0.25) is 4.79 Å². The first-order valence-electron chi connectivity index (χ1n) is 13.7. The summed E-state index contributed by atoms with van der Waals surface area (Å²) in [6.45, 7) is 24.6. The highest BCUT2D eigenvalue weighted by molar-refractivity contribution is 6.48. The minimum absolute atomic E-state index is 0.0164. The molecule has 0 amide bonds. The minimum Gasteiger partial charge on any atom is -0.413 e. The number of aryl methyl sites for hydroxylation is 2. The summed E-state index contributed by atoms with van der Waals surface area (Å²) < 4.78 is 13.4. The van der Waals surface area contributed by atoms with Gasteiger partial charge in [0.15, 0.2) is 23.9 Å². The Bertz CT molecular complexity index is 1000. The summed E-state index contributed by atoms with van der Waals surface area (Å²) in [7, 11) is -2.55. The van der Waals surface area contributed by atoms with Crippen molar-refractivity contribution in [3.8, 4) is 0 Å². The molecule has 3 nitrogen and oxygen atoms in total. The molecule has 0 N–H and O–H groups in total. The Hall–Kier alpha value is -1.54. The zero-order chi connectivity index (χ0) is 27.3. The Morgan fingerprint density at radius 1 is 0.750 bits per heavy atom. The van der Waals surface area contributed by atoms with Crippen LogP contribution in [0, 0.1) is 10.8 Å². The topological polar surface area (TPSA) is 35.5 Å². The molecule has 0 heterocycles. The summed E-state index contributed by atoms with van der Waals surface area (Å²) in [5.41, 5.74) is 5.84. The van der Waals surface area contributed by atoms with Crippen molar-refractivity contribution in [3.63, 3.8) is 0 Å². The molecule has 0 radical (unpaired) electrons. The van der Waals surface area contributed by atoms with Gasteiger partial charge in [-0.1, -0.05) is 84.9 Å². The van der Waals surface area contributed by atoms with Crippen molar-refractivity contribution in [1.82, 2.24) is 0 Å². The van der Waals surface area contributed by atoms with Crippen LogP contribution in [0.25, 0.3) is 0 Å². The van der Waals surface area contributed by atoms with Crippen LogP contribution in [0.1, 0.15) is 99.7 Å². The van der Waals surface area contributed by atoms with Gasteiger partial charge in [-0.2, -0.15) is 0 Å². The Morgan fingerprint density at radius 3 is 1.72 bits per heavy atom. The molecule has 0 aliphatic heterocycles. The van der Waals surface area contributed by atoms with Crippen LogP contribution >= 0.6 is 0 Å². The molecule has 2 rings (SSSR count). The normalized spacial score (nSPS) is 14.4. The molecule has 0 bridgehead atoms. The summed E-state index contributed by atoms with van der Waals surface area (Å²) >= 11 is 0. The van der Waals surface area contributed by atoms with Crippen LogP contribution in [-0.2, 0) is 21.7 Å². The zero-order valence-electron chi connectivity index (χ0n) is 24.7. The molecule has 0 fully saturated rings. The van der Waals surface area contributed by atoms with Crippen molar-refractivity contribution in [1.29, 1.82) is 0 Å². The number of hydrogen-bond acceptors (Lipinski definition) is 3. The summed E-state index contributed by atoms with van der Waals surface area (Å²) in [5, 5.41) is 0. The molecule has 0 saturated heterocycles. The fourth-order valence-electron chi connectivity index (χ4n) is 4.67. The summed E-state index contributed by atoms with van der Waals surface area (Å²) in [6, 6.07) is 15.1. The predicted octanol–water partition coefficient (Wildman–Crippen LogP) is 8.24. The molecule has 0 spiro atoms. The number of hydrogen-bond donors (Lipinski definition) is 0. The van der Waals surface area contributed by atoms with E-state index in [2.05, 4.69) is 98.1 Å². The lowest BCUT2D eigenvalue weighted by Crippen LogP contribution is -2.31. The van der Waals surface area contributed by atoms with E-state index in [0.29, 0.717) is 6.42 Å². The number of rotatable bonds is 11. The second-order valence-electron chi connectivity index (χ2n) is 12.8. The Kier molecular flexibility index (Phi) is 10.9. The number of ketones is 1. The van der Waals surface area contributed by atoms with Gasteiger partial charge in [0.25, 0.3) is 0 Å². The molecule has 2 aromatic rings. The SMILES string of the molecule is CCC(=O)c1cccc(CCc2ccc(C(O[SiH](C)C)C(C)(C)C)c(C(O[SiH](C)C)C(C)(C)C)c2)c1. The monoisotopic (exact) mass is 526 g/mol. The van der Waals surface area contributed by atoms with Gasteiger partial charge < -0.3 is 8.85 Å². The third-order valence-corrected chi connectivity index (χ3v) is 8.01. The van der Waals surface area contributed by atoms with Gasteiger partial charge in [0.05, 0.1) is 12.2 Å². The van der Waals surface area contributed by atoms with E-state index in [0.717, 1.165) is 18.4 Å². The molecular formula is C31H50O3Si2. The first-order chi connectivity index (χ1) is 16.6. The quantitative estimate of drug-likeness (QED) is 0.218. The van der Waals surface area contributed by atoms with E-state index in [4.69, 9.17) is 8.85 Å². The molecule has 0 aromatic heterocycles. The summed E-state index contributed by atoms with van der Waals surface area (Å²) in [6.07, 6.45) is 2.42. The highest BCUT2D eigenvalue weighted by Gasteiger charge is 2.35. The third kappa shape index (κ3) is 8.79. The smallest absolute Gasteiger partial charge is 0.171 e. The molecule has 5 heteroatoms. The van der Waals surface area contributed by atoms with Crippen molar-refractivity contribution in [2.75, 3.05) is 0 Å². The van der Waals surface area contributed by atoms with Gasteiger partial charge in [0.2, 0.25) is 0 Å². The predicted molar refractivity (Wildman–Crippen MR) is 159 cm³/mol. The van der Waals surface area contributed by atoms with Gasteiger partial charge in [-0.15, -0.1) is 0 Å². The average molecular weight is 527 g/mol. The van der Waals surface area contributed by atoms with Crippen molar-refractivity contribution < 1.29 is 13.6 Å². The van der Waals surface area contributed by atoms with E-state index in [1.54, 1.807) is 0 Å². The lowest BCUT2D eigenvalue weighted by Gasteiger charge is -2.39. The maximum absolute atomic E-state index is 12.2. The Balaban J connectivity index is 2.53. The Morgan fingerprint density at radius 2 is 1.25 bits per heavy atom. The number of carbonyl (C=O) groups is 1. The maximum Gasteiger partial charge on any atom is 0.171 e. The molecule has 2 unspecified atom stereocenters. The summed E-state index contributed by atoms with van der Waals surface area (Å²) in [5.74, 6) is 0.202. The van der Waals surface area contributed by atoms with Gasteiger partial charge in [0, 0.05) is 12.0 Å². The van der Waals surface area contributed by atoms with Gasteiger partial charge >= 0.3 is 0 Å². The maximum atomic E-state index is 12.2. The molecule has 0 aliphatic rings. The van der Waals surface area contributed by atoms with E-state index in [1.807, 2.05) is 19.1 Å². The lowest BCUT2D eigenvalue weighted by molar-refractivity contribution is 0.0655. The van der Waals surface area contributed by atoms with Gasteiger partial charge in [-0.25, -0.2) is 0 Å². The van der Waals surface area contributed by atoms with Crippen molar-refractivity contribution >= 4 is 23.9 Å². The first kappa shape index (κ1) is 30.7. The molecule has 36 heavy (non-hydrogen) atoms. The molecule has 2 aromatic carbocycles. The number of carbonyl (C=O) groups excluding carboxylic acids is 1. The zero-order valence-corrected chi connectivity index (χ0v) is 27.0.